The summed E-state index contributed by atoms with van der Waals surface area (Å²) in [7, 11) is 0. The summed E-state index contributed by atoms with van der Waals surface area (Å²) < 4.78 is 37.8. The maximum absolute atomic E-state index is 12.6. The van der Waals surface area contributed by atoms with Gasteiger partial charge >= 0.3 is 6.18 Å². The van der Waals surface area contributed by atoms with Crippen molar-refractivity contribution in [3.05, 3.63) is 29.3 Å². The highest BCUT2D eigenvalue weighted by molar-refractivity contribution is 5.81. The molecule has 0 aliphatic rings. The van der Waals surface area contributed by atoms with Crippen molar-refractivity contribution in [2.45, 2.75) is 39.4 Å². The molecule has 0 saturated heterocycles. The van der Waals surface area contributed by atoms with Crippen molar-refractivity contribution in [1.29, 1.82) is 0 Å². The zero-order valence-corrected chi connectivity index (χ0v) is 11.8. The highest BCUT2D eigenvalue weighted by Crippen LogP contribution is 2.31. The van der Waals surface area contributed by atoms with Crippen LogP contribution < -0.4 is 10.6 Å². The summed E-state index contributed by atoms with van der Waals surface area (Å²) in [6.07, 6.45) is -3.59. The summed E-state index contributed by atoms with van der Waals surface area (Å²) in [6.45, 7) is 5.45. The van der Waals surface area contributed by atoms with Crippen LogP contribution in [0.4, 0.5) is 18.9 Å². The van der Waals surface area contributed by atoms with Gasteiger partial charge < -0.3 is 10.6 Å². The molecule has 0 aliphatic carbocycles. The van der Waals surface area contributed by atoms with Crippen LogP contribution in [0.3, 0.4) is 0 Å². The molecule has 0 aromatic heterocycles. The molecular formula is C14H19F3N2O. The van der Waals surface area contributed by atoms with Crippen LogP contribution in [-0.2, 0) is 11.0 Å². The lowest BCUT2D eigenvalue weighted by Gasteiger charge is -2.15. The van der Waals surface area contributed by atoms with Gasteiger partial charge in [-0.05, 0) is 38.0 Å². The molecule has 1 unspecified atom stereocenters. The van der Waals surface area contributed by atoms with Gasteiger partial charge in [0, 0.05) is 11.7 Å². The Morgan fingerprint density at radius 1 is 1.35 bits per heavy atom. The van der Waals surface area contributed by atoms with Crippen LogP contribution in [-0.4, -0.2) is 18.5 Å². The summed E-state index contributed by atoms with van der Waals surface area (Å²) in [6, 6.07) is 3.48. The van der Waals surface area contributed by atoms with Gasteiger partial charge in [0.1, 0.15) is 0 Å². The predicted molar refractivity (Wildman–Crippen MR) is 72.6 cm³/mol. The summed E-state index contributed by atoms with van der Waals surface area (Å²) in [5.41, 5.74) is 0.251. The first-order valence-corrected chi connectivity index (χ1v) is 6.45. The maximum atomic E-state index is 12.6. The van der Waals surface area contributed by atoms with Gasteiger partial charge in [0.2, 0.25) is 5.91 Å². The van der Waals surface area contributed by atoms with E-state index in [0.717, 1.165) is 18.6 Å². The first-order chi connectivity index (χ1) is 9.24. The zero-order valence-electron chi connectivity index (χ0n) is 11.8. The third-order valence-electron chi connectivity index (χ3n) is 3.02. The quantitative estimate of drug-likeness (QED) is 0.872. The van der Waals surface area contributed by atoms with Crippen LogP contribution in [0.15, 0.2) is 18.2 Å². The molecule has 1 amide bonds. The van der Waals surface area contributed by atoms with Crippen LogP contribution in [0.1, 0.15) is 31.4 Å². The van der Waals surface area contributed by atoms with Gasteiger partial charge in [-0.2, -0.15) is 13.2 Å². The Morgan fingerprint density at radius 2 is 2.00 bits per heavy atom. The molecule has 20 heavy (non-hydrogen) atoms. The fourth-order valence-corrected chi connectivity index (χ4v) is 1.59. The second-order valence-corrected chi connectivity index (χ2v) is 4.76. The Hall–Kier alpha value is -1.72. The van der Waals surface area contributed by atoms with Crippen molar-refractivity contribution in [3.8, 4) is 0 Å². The molecule has 0 heterocycles. The summed E-state index contributed by atoms with van der Waals surface area (Å²) >= 11 is 0. The molecule has 0 spiro atoms. The van der Waals surface area contributed by atoms with Crippen LogP contribution in [0, 0.1) is 6.92 Å². The number of amides is 1. The van der Waals surface area contributed by atoms with E-state index in [9.17, 15) is 18.0 Å². The van der Waals surface area contributed by atoms with Crippen LogP contribution in [0.2, 0.25) is 0 Å². The summed E-state index contributed by atoms with van der Waals surface area (Å²) in [4.78, 5) is 11.6. The Balaban J connectivity index is 2.70. The molecule has 1 aromatic carbocycles. The molecule has 6 heteroatoms. The van der Waals surface area contributed by atoms with Gasteiger partial charge in [-0.3, -0.25) is 4.79 Å². The molecule has 1 atom stereocenters. The Bertz CT molecular complexity index is 472. The maximum Gasteiger partial charge on any atom is 0.416 e. The minimum atomic E-state index is -4.39. The number of halogens is 3. The minimum absolute atomic E-state index is 0.0481. The van der Waals surface area contributed by atoms with Gasteiger partial charge in [-0.1, -0.05) is 13.0 Å². The Kier molecular flexibility index (Phi) is 5.42. The van der Waals surface area contributed by atoms with Crippen LogP contribution >= 0.6 is 0 Å². The molecule has 0 saturated carbocycles. The van der Waals surface area contributed by atoms with E-state index in [1.807, 2.05) is 13.8 Å². The summed E-state index contributed by atoms with van der Waals surface area (Å²) in [5, 5.41) is 5.48. The van der Waals surface area contributed by atoms with Crippen molar-refractivity contribution < 1.29 is 18.0 Å². The van der Waals surface area contributed by atoms with Crippen LogP contribution in [0.5, 0.6) is 0 Å². The number of anilines is 1. The predicted octanol–water partition coefficient (Wildman–Crippen LogP) is 3.34. The number of hydrogen-bond donors (Lipinski definition) is 2. The normalized spacial score (nSPS) is 12.9. The third kappa shape index (κ3) is 4.75. The molecule has 0 radical (unpaired) electrons. The lowest BCUT2D eigenvalue weighted by molar-refractivity contribution is -0.137. The van der Waals surface area contributed by atoms with Crippen molar-refractivity contribution in [2.24, 2.45) is 0 Å². The Labute approximate surface area is 116 Å². The van der Waals surface area contributed by atoms with E-state index in [0.29, 0.717) is 11.3 Å². The minimum Gasteiger partial charge on any atom is -0.376 e. The molecule has 112 valence electrons. The molecule has 0 fully saturated rings. The lowest BCUT2D eigenvalue weighted by atomic mass is 10.1. The SMILES string of the molecule is CCC(C)NC(=O)CNc1cc(C(F)(F)F)ccc1C. The third-order valence-corrected chi connectivity index (χ3v) is 3.02. The van der Waals surface area contributed by atoms with Gasteiger partial charge in [-0.15, -0.1) is 0 Å². The van der Waals surface area contributed by atoms with Gasteiger partial charge in [0.15, 0.2) is 0 Å². The highest BCUT2D eigenvalue weighted by atomic mass is 19.4. The van der Waals surface area contributed by atoms with E-state index in [2.05, 4.69) is 10.6 Å². The van der Waals surface area contributed by atoms with E-state index in [1.165, 1.54) is 6.07 Å². The highest BCUT2D eigenvalue weighted by Gasteiger charge is 2.30. The number of rotatable bonds is 5. The second kappa shape index (κ2) is 6.63. The van der Waals surface area contributed by atoms with E-state index in [4.69, 9.17) is 0 Å². The number of carbonyl (C=O) groups excluding carboxylic acids is 1. The van der Waals surface area contributed by atoms with Gasteiger partial charge in [-0.25, -0.2) is 0 Å². The fraction of sp³-hybridized carbons (Fsp3) is 0.500. The fourth-order valence-electron chi connectivity index (χ4n) is 1.59. The molecule has 2 N–H and O–H groups in total. The van der Waals surface area contributed by atoms with Gasteiger partial charge in [0.25, 0.3) is 0 Å². The average Bonchev–Trinajstić information content (AvgIpc) is 2.36. The first-order valence-electron chi connectivity index (χ1n) is 6.45. The topological polar surface area (TPSA) is 41.1 Å². The van der Waals surface area contributed by atoms with Crippen molar-refractivity contribution in [2.75, 3.05) is 11.9 Å². The van der Waals surface area contributed by atoms with E-state index in [-0.39, 0.29) is 18.5 Å². The molecule has 3 nitrogen and oxygen atoms in total. The number of carbonyl (C=O) groups is 1. The first kappa shape index (κ1) is 16.3. The second-order valence-electron chi connectivity index (χ2n) is 4.76. The van der Waals surface area contributed by atoms with Crippen molar-refractivity contribution >= 4 is 11.6 Å². The number of alkyl halides is 3. The van der Waals surface area contributed by atoms with E-state index in [1.54, 1.807) is 6.92 Å². The van der Waals surface area contributed by atoms with E-state index >= 15 is 0 Å². The van der Waals surface area contributed by atoms with Gasteiger partial charge in [0.05, 0.1) is 12.1 Å². The van der Waals surface area contributed by atoms with Crippen LogP contribution in [0.25, 0.3) is 0 Å². The van der Waals surface area contributed by atoms with E-state index < -0.39 is 11.7 Å². The Morgan fingerprint density at radius 3 is 2.55 bits per heavy atom. The lowest BCUT2D eigenvalue weighted by Crippen LogP contribution is -2.36. The number of benzene rings is 1. The zero-order chi connectivity index (χ0) is 15.3. The number of hydrogen-bond acceptors (Lipinski definition) is 2. The average molecular weight is 288 g/mol. The molecule has 1 aromatic rings. The number of nitrogens with one attached hydrogen (secondary N) is 2. The molecule has 0 bridgehead atoms. The summed E-state index contributed by atoms with van der Waals surface area (Å²) in [5.74, 6) is -0.240. The number of aryl methyl sites for hydroxylation is 1. The molecule has 0 aliphatic heterocycles. The largest absolute Gasteiger partial charge is 0.416 e. The standard InChI is InChI=1S/C14H19F3N2O/c1-4-10(3)19-13(20)8-18-12-7-11(14(15,16)17)6-5-9(12)2/h5-7,10,18H,4,8H2,1-3H3,(H,19,20). The van der Waals surface area contributed by atoms with Crippen molar-refractivity contribution in [3.63, 3.8) is 0 Å². The molecule has 1 rings (SSSR count). The smallest absolute Gasteiger partial charge is 0.376 e. The molecular weight excluding hydrogens is 269 g/mol. The monoisotopic (exact) mass is 288 g/mol. The van der Waals surface area contributed by atoms with Crippen molar-refractivity contribution in [1.82, 2.24) is 5.32 Å².